The number of nitrogens with one attached hydrogen (secondary N) is 1. The van der Waals surface area contributed by atoms with Crippen molar-refractivity contribution in [1.29, 1.82) is 0 Å². The molecule has 2 rings (SSSR count). The number of hydrogen-bond donors (Lipinski definition) is 1. The van der Waals surface area contributed by atoms with Crippen LogP contribution in [0.2, 0.25) is 0 Å². The van der Waals surface area contributed by atoms with E-state index in [1.165, 1.54) is 12.8 Å². The van der Waals surface area contributed by atoms with Gasteiger partial charge in [-0.15, -0.1) is 6.58 Å². The van der Waals surface area contributed by atoms with E-state index in [9.17, 15) is 8.42 Å². The molecule has 1 N–H and O–H groups in total. The minimum absolute atomic E-state index is 0.211. The van der Waals surface area contributed by atoms with Gasteiger partial charge in [-0.05, 0) is 44.6 Å². The highest BCUT2D eigenvalue weighted by Gasteiger charge is 2.32. The second-order valence-corrected chi connectivity index (χ2v) is 7.42. The summed E-state index contributed by atoms with van der Waals surface area (Å²) in [5.41, 5.74) is 0. The summed E-state index contributed by atoms with van der Waals surface area (Å²) in [6.45, 7) is 6.10. The first kappa shape index (κ1) is 14.0. The minimum atomic E-state index is -3.05. The Hall–Kier alpha value is -0.390. The molecular weight excluding hydrogens is 248 g/mol. The first-order chi connectivity index (χ1) is 8.63. The van der Waals surface area contributed by atoms with Gasteiger partial charge in [-0.3, -0.25) is 0 Å². The molecule has 2 fully saturated rings. The standard InChI is InChI=1S/C13H24N2O2S/c1-2-3-11-18(16,17)15-9-6-12(7-10-15)13-5-4-8-14-13/h2,12-14H,1,3-11H2. The average Bonchev–Trinajstić information content (AvgIpc) is 2.90. The Balaban J connectivity index is 1.83. The summed E-state index contributed by atoms with van der Waals surface area (Å²) >= 11 is 0. The lowest BCUT2D eigenvalue weighted by molar-refractivity contribution is 0.234. The summed E-state index contributed by atoms with van der Waals surface area (Å²) in [5.74, 6) is 0.876. The number of rotatable bonds is 5. The molecular formula is C13H24N2O2S. The number of sulfonamides is 1. The molecule has 0 spiro atoms. The summed E-state index contributed by atoms with van der Waals surface area (Å²) in [4.78, 5) is 0. The van der Waals surface area contributed by atoms with Crippen molar-refractivity contribution in [3.8, 4) is 0 Å². The van der Waals surface area contributed by atoms with Crippen molar-refractivity contribution in [2.24, 2.45) is 5.92 Å². The monoisotopic (exact) mass is 272 g/mol. The number of hydrogen-bond acceptors (Lipinski definition) is 3. The molecule has 2 aliphatic rings. The highest BCUT2D eigenvalue weighted by Crippen LogP contribution is 2.26. The fourth-order valence-electron chi connectivity index (χ4n) is 3.03. The summed E-state index contributed by atoms with van der Waals surface area (Å²) in [7, 11) is -3.05. The van der Waals surface area contributed by atoms with Crippen LogP contribution in [0.5, 0.6) is 0 Å². The maximum Gasteiger partial charge on any atom is 0.214 e. The second-order valence-electron chi connectivity index (χ2n) is 5.33. The van der Waals surface area contributed by atoms with Gasteiger partial charge in [0, 0.05) is 19.1 Å². The Bertz CT molecular complexity index is 366. The molecule has 0 amide bonds. The van der Waals surface area contributed by atoms with Crippen LogP contribution in [0.3, 0.4) is 0 Å². The molecule has 2 heterocycles. The van der Waals surface area contributed by atoms with Gasteiger partial charge < -0.3 is 5.32 Å². The zero-order valence-corrected chi connectivity index (χ0v) is 11.8. The third kappa shape index (κ3) is 3.33. The molecule has 0 aromatic heterocycles. The zero-order valence-electron chi connectivity index (χ0n) is 11.0. The van der Waals surface area contributed by atoms with Crippen molar-refractivity contribution in [2.45, 2.75) is 38.1 Å². The quantitative estimate of drug-likeness (QED) is 0.769. The van der Waals surface area contributed by atoms with E-state index in [-0.39, 0.29) is 5.75 Å². The summed E-state index contributed by atoms with van der Waals surface area (Å²) < 4.78 is 25.7. The Morgan fingerprint density at radius 3 is 2.56 bits per heavy atom. The first-order valence-corrected chi connectivity index (χ1v) is 8.56. The summed E-state index contributed by atoms with van der Waals surface area (Å²) in [6, 6.07) is 0.628. The fourth-order valence-corrected chi connectivity index (χ4v) is 4.52. The van der Waals surface area contributed by atoms with Crippen LogP contribution in [-0.2, 0) is 10.0 Å². The highest BCUT2D eigenvalue weighted by molar-refractivity contribution is 7.89. The van der Waals surface area contributed by atoms with Gasteiger partial charge in [0.15, 0.2) is 0 Å². The average molecular weight is 272 g/mol. The lowest BCUT2D eigenvalue weighted by Gasteiger charge is -2.34. The van der Waals surface area contributed by atoms with Crippen LogP contribution in [-0.4, -0.2) is 44.2 Å². The number of allylic oxidation sites excluding steroid dienone is 1. The first-order valence-electron chi connectivity index (χ1n) is 6.95. The van der Waals surface area contributed by atoms with E-state index >= 15 is 0 Å². The Morgan fingerprint density at radius 1 is 1.28 bits per heavy atom. The van der Waals surface area contributed by atoms with E-state index in [0.717, 1.165) is 19.4 Å². The minimum Gasteiger partial charge on any atom is -0.314 e. The Kier molecular flexibility index (Phi) is 4.81. The molecule has 0 radical (unpaired) electrons. The van der Waals surface area contributed by atoms with Crippen LogP contribution in [0.4, 0.5) is 0 Å². The van der Waals surface area contributed by atoms with Crippen LogP contribution in [0, 0.1) is 5.92 Å². The van der Waals surface area contributed by atoms with Crippen molar-refractivity contribution in [2.75, 3.05) is 25.4 Å². The number of nitrogens with zero attached hydrogens (tertiary/aromatic N) is 1. The van der Waals surface area contributed by atoms with E-state index in [1.807, 2.05) is 0 Å². The van der Waals surface area contributed by atoms with Gasteiger partial charge in [0.1, 0.15) is 0 Å². The van der Waals surface area contributed by atoms with Crippen molar-refractivity contribution < 1.29 is 8.42 Å². The topological polar surface area (TPSA) is 49.4 Å². The van der Waals surface area contributed by atoms with Crippen molar-refractivity contribution >= 4 is 10.0 Å². The molecule has 0 bridgehead atoms. The molecule has 2 aliphatic heterocycles. The van der Waals surface area contributed by atoms with Gasteiger partial charge >= 0.3 is 0 Å². The van der Waals surface area contributed by atoms with E-state index in [2.05, 4.69) is 11.9 Å². The third-order valence-electron chi connectivity index (χ3n) is 4.14. The molecule has 18 heavy (non-hydrogen) atoms. The molecule has 0 saturated carbocycles. The Labute approximate surface area is 110 Å². The van der Waals surface area contributed by atoms with Crippen LogP contribution in [0.15, 0.2) is 12.7 Å². The molecule has 1 unspecified atom stereocenters. The van der Waals surface area contributed by atoms with E-state index in [1.54, 1.807) is 10.4 Å². The maximum atomic E-state index is 12.0. The van der Waals surface area contributed by atoms with Crippen LogP contribution in [0.1, 0.15) is 32.1 Å². The van der Waals surface area contributed by atoms with Gasteiger partial charge in [-0.2, -0.15) is 0 Å². The van der Waals surface area contributed by atoms with Gasteiger partial charge in [-0.1, -0.05) is 6.08 Å². The number of piperidine rings is 1. The summed E-state index contributed by atoms with van der Waals surface area (Å²) in [6.07, 6.45) is 6.76. The van der Waals surface area contributed by atoms with Crippen LogP contribution < -0.4 is 5.32 Å². The largest absolute Gasteiger partial charge is 0.314 e. The smallest absolute Gasteiger partial charge is 0.214 e. The SMILES string of the molecule is C=CCCS(=O)(=O)N1CCC(C2CCCN2)CC1. The second kappa shape index (κ2) is 6.17. The molecule has 0 aromatic carbocycles. The van der Waals surface area contributed by atoms with E-state index in [4.69, 9.17) is 0 Å². The third-order valence-corrected chi connectivity index (χ3v) is 6.04. The molecule has 0 aromatic rings. The molecule has 4 nitrogen and oxygen atoms in total. The van der Waals surface area contributed by atoms with Crippen molar-refractivity contribution in [3.63, 3.8) is 0 Å². The highest BCUT2D eigenvalue weighted by atomic mass is 32.2. The zero-order chi connectivity index (χ0) is 13.0. The van der Waals surface area contributed by atoms with Crippen LogP contribution >= 0.6 is 0 Å². The van der Waals surface area contributed by atoms with Crippen molar-refractivity contribution in [1.82, 2.24) is 9.62 Å². The molecule has 0 aliphatic carbocycles. The van der Waals surface area contributed by atoms with Crippen LogP contribution in [0.25, 0.3) is 0 Å². The predicted molar refractivity (Wildman–Crippen MR) is 73.9 cm³/mol. The van der Waals surface area contributed by atoms with Gasteiger partial charge in [-0.25, -0.2) is 12.7 Å². The Morgan fingerprint density at radius 2 is 2.00 bits per heavy atom. The molecule has 5 heteroatoms. The maximum absolute atomic E-state index is 12.0. The molecule has 1 atom stereocenters. The van der Waals surface area contributed by atoms with E-state index < -0.39 is 10.0 Å². The van der Waals surface area contributed by atoms with Gasteiger partial charge in [0.05, 0.1) is 5.75 Å². The molecule has 2 saturated heterocycles. The normalized spacial score (nSPS) is 27.4. The lowest BCUT2D eigenvalue weighted by atomic mass is 9.89. The van der Waals surface area contributed by atoms with Gasteiger partial charge in [0.25, 0.3) is 0 Å². The fraction of sp³-hybridized carbons (Fsp3) is 0.846. The predicted octanol–water partition coefficient (Wildman–Crippen LogP) is 1.36. The molecule has 104 valence electrons. The van der Waals surface area contributed by atoms with Gasteiger partial charge in [0.2, 0.25) is 10.0 Å². The summed E-state index contributed by atoms with van der Waals surface area (Å²) in [5, 5.41) is 3.53. The van der Waals surface area contributed by atoms with Crippen molar-refractivity contribution in [3.05, 3.63) is 12.7 Å². The lowest BCUT2D eigenvalue weighted by Crippen LogP contribution is -2.44. The van der Waals surface area contributed by atoms with E-state index in [0.29, 0.717) is 31.5 Å².